The van der Waals surface area contributed by atoms with Gasteiger partial charge >= 0.3 is 8.90 Å². The molecule has 0 spiro atoms. The lowest BCUT2D eigenvalue weighted by molar-refractivity contribution is 0.303. The van der Waals surface area contributed by atoms with Crippen molar-refractivity contribution in [3.8, 4) is 0 Å². The summed E-state index contributed by atoms with van der Waals surface area (Å²) < 4.78 is 9.75. The highest BCUT2D eigenvalue weighted by atomic mass is 28.3. The van der Waals surface area contributed by atoms with Crippen LogP contribution in [-0.2, 0) is 8.85 Å². The third kappa shape index (κ3) is 2.39. The lowest BCUT2D eigenvalue weighted by Crippen LogP contribution is -2.09. The molecular formula is C4H10O2Si. The topological polar surface area (TPSA) is 18.5 Å². The van der Waals surface area contributed by atoms with Crippen LogP contribution in [0, 0.1) is 0 Å². The van der Waals surface area contributed by atoms with Gasteiger partial charge in [0.2, 0.25) is 0 Å². The van der Waals surface area contributed by atoms with E-state index in [4.69, 9.17) is 8.85 Å². The molecular weight excluding hydrogens is 108 g/mol. The molecule has 0 aliphatic heterocycles. The first-order chi connectivity index (χ1) is 3.35. The van der Waals surface area contributed by atoms with Gasteiger partial charge in [-0.15, -0.1) is 0 Å². The fourth-order valence-corrected chi connectivity index (χ4v) is 0.957. The standard InChI is InChI=1S/C4H10O2Si/c1-4-7(5-2)6-3/h4H,1-3H3. The van der Waals surface area contributed by atoms with Crippen LogP contribution in [0.1, 0.15) is 6.92 Å². The predicted molar refractivity (Wildman–Crippen MR) is 31.5 cm³/mol. The molecule has 0 unspecified atom stereocenters. The van der Waals surface area contributed by atoms with E-state index < -0.39 is 8.90 Å². The molecule has 0 aliphatic carbocycles. The van der Waals surface area contributed by atoms with Crippen LogP contribution >= 0.6 is 0 Å². The molecule has 0 fully saturated rings. The largest absolute Gasteiger partial charge is 0.526 e. The van der Waals surface area contributed by atoms with Crippen LogP contribution in [0.2, 0.25) is 0 Å². The summed E-state index contributed by atoms with van der Waals surface area (Å²) >= 11 is 0. The molecule has 0 radical (unpaired) electrons. The summed E-state index contributed by atoms with van der Waals surface area (Å²) in [4.78, 5) is 0. The molecule has 0 amide bonds. The van der Waals surface area contributed by atoms with Crippen molar-refractivity contribution in [1.29, 1.82) is 0 Å². The van der Waals surface area contributed by atoms with Gasteiger partial charge in [0.25, 0.3) is 0 Å². The Morgan fingerprint density at radius 3 is 1.71 bits per heavy atom. The van der Waals surface area contributed by atoms with Gasteiger partial charge in [-0.3, -0.25) is 0 Å². The maximum absolute atomic E-state index is 4.87. The number of hydrogen-bond acceptors (Lipinski definition) is 2. The molecule has 0 aromatic rings. The third-order valence-corrected chi connectivity index (χ3v) is 1.91. The molecule has 42 valence electrons. The van der Waals surface area contributed by atoms with Gasteiger partial charge in [-0.05, 0) is 12.6 Å². The van der Waals surface area contributed by atoms with Gasteiger partial charge in [0.1, 0.15) is 0 Å². The van der Waals surface area contributed by atoms with Gasteiger partial charge < -0.3 is 8.85 Å². The molecule has 0 rings (SSSR count). The molecule has 0 saturated carbocycles. The molecule has 0 aromatic heterocycles. The van der Waals surface area contributed by atoms with Crippen LogP contribution in [0.4, 0.5) is 0 Å². The maximum Gasteiger partial charge on any atom is 0.474 e. The summed E-state index contributed by atoms with van der Waals surface area (Å²) in [7, 11) is 2.31. The van der Waals surface area contributed by atoms with Crippen LogP contribution in [0.25, 0.3) is 0 Å². The molecule has 0 atom stereocenters. The Hall–Kier alpha value is -0.313. The van der Waals surface area contributed by atoms with Crippen molar-refractivity contribution in [2.24, 2.45) is 0 Å². The Bertz CT molecular complexity index is 64.1. The quantitative estimate of drug-likeness (QED) is 0.481. The van der Waals surface area contributed by atoms with Crippen LogP contribution < -0.4 is 0 Å². The van der Waals surface area contributed by atoms with Gasteiger partial charge in [-0.2, -0.15) is 0 Å². The van der Waals surface area contributed by atoms with Crippen molar-refractivity contribution in [3.05, 3.63) is 0 Å². The van der Waals surface area contributed by atoms with Crippen molar-refractivity contribution < 1.29 is 8.85 Å². The SMILES string of the molecule is CC=[Si](OC)OC. The van der Waals surface area contributed by atoms with Crippen LogP contribution in [-0.4, -0.2) is 28.8 Å². The van der Waals surface area contributed by atoms with Gasteiger partial charge in [0.05, 0.1) is 14.2 Å². The van der Waals surface area contributed by atoms with Crippen molar-refractivity contribution in [1.82, 2.24) is 0 Å². The van der Waals surface area contributed by atoms with E-state index in [2.05, 4.69) is 0 Å². The minimum Gasteiger partial charge on any atom is -0.526 e. The summed E-state index contributed by atoms with van der Waals surface area (Å²) in [5.74, 6) is 0. The molecule has 0 heterocycles. The molecule has 0 saturated heterocycles. The lowest BCUT2D eigenvalue weighted by Gasteiger charge is -1.97. The van der Waals surface area contributed by atoms with Crippen molar-refractivity contribution in [2.45, 2.75) is 6.92 Å². The summed E-state index contributed by atoms with van der Waals surface area (Å²) in [6, 6.07) is 0. The molecule has 3 heteroatoms. The molecule has 0 N–H and O–H groups in total. The van der Waals surface area contributed by atoms with E-state index >= 15 is 0 Å². The van der Waals surface area contributed by atoms with Crippen LogP contribution in [0.5, 0.6) is 0 Å². The van der Waals surface area contributed by atoms with E-state index in [1.165, 1.54) is 0 Å². The number of hydrogen-bond donors (Lipinski definition) is 0. The van der Waals surface area contributed by atoms with Crippen LogP contribution in [0.15, 0.2) is 0 Å². The zero-order valence-electron chi connectivity index (χ0n) is 4.89. The Labute approximate surface area is 45.5 Å². The van der Waals surface area contributed by atoms with Gasteiger partial charge in [-0.25, -0.2) is 0 Å². The van der Waals surface area contributed by atoms with E-state index in [0.29, 0.717) is 0 Å². The third-order valence-electron chi connectivity index (χ3n) is 0.638. The first-order valence-electron chi connectivity index (χ1n) is 2.09. The lowest BCUT2D eigenvalue weighted by atomic mass is 11.0. The summed E-state index contributed by atoms with van der Waals surface area (Å²) in [5.41, 5.74) is 1.94. The summed E-state index contributed by atoms with van der Waals surface area (Å²) in [6.45, 7) is 1.93. The average Bonchev–Trinajstić information content (AvgIpc) is 1.72. The Kier molecular flexibility index (Phi) is 3.69. The molecule has 0 aromatic carbocycles. The first kappa shape index (κ1) is 6.69. The molecule has 0 bridgehead atoms. The fraction of sp³-hybridized carbons (Fsp3) is 0.750. The number of rotatable bonds is 2. The van der Waals surface area contributed by atoms with Crippen molar-refractivity contribution in [2.75, 3.05) is 14.2 Å². The fourth-order valence-electron chi connectivity index (χ4n) is 0.319. The Morgan fingerprint density at radius 1 is 1.29 bits per heavy atom. The zero-order chi connectivity index (χ0) is 5.70. The minimum absolute atomic E-state index is 0.988. The Balaban J connectivity index is 3.38. The smallest absolute Gasteiger partial charge is 0.474 e. The van der Waals surface area contributed by atoms with E-state index in [9.17, 15) is 0 Å². The Morgan fingerprint density at radius 2 is 1.71 bits per heavy atom. The highest BCUT2D eigenvalue weighted by Gasteiger charge is 1.90. The maximum atomic E-state index is 4.87. The second-order valence-electron chi connectivity index (χ2n) is 1.02. The van der Waals surface area contributed by atoms with E-state index in [-0.39, 0.29) is 0 Å². The first-order valence-corrected chi connectivity index (χ1v) is 3.48. The molecule has 2 nitrogen and oxygen atoms in total. The van der Waals surface area contributed by atoms with Gasteiger partial charge in [0, 0.05) is 0 Å². The minimum atomic E-state index is -0.988. The normalized spacial score (nSPS) is 7.29. The van der Waals surface area contributed by atoms with Crippen molar-refractivity contribution in [3.63, 3.8) is 0 Å². The summed E-state index contributed by atoms with van der Waals surface area (Å²) in [5, 5.41) is 0. The summed E-state index contributed by atoms with van der Waals surface area (Å²) in [6.07, 6.45) is 0. The highest BCUT2D eigenvalue weighted by Crippen LogP contribution is 1.67. The highest BCUT2D eigenvalue weighted by molar-refractivity contribution is 6.53. The predicted octanol–water partition coefficient (Wildman–Crippen LogP) is 0.171. The molecule has 7 heavy (non-hydrogen) atoms. The van der Waals surface area contributed by atoms with E-state index in [1.807, 2.05) is 12.6 Å². The van der Waals surface area contributed by atoms with Gasteiger partial charge in [0.15, 0.2) is 0 Å². The average molecular weight is 118 g/mol. The van der Waals surface area contributed by atoms with E-state index in [0.717, 1.165) is 0 Å². The monoisotopic (exact) mass is 118 g/mol. The zero-order valence-corrected chi connectivity index (χ0v) is 5.89. The van der Waals surface area contributed by atoms with Gasteiger partial charge in [-0.1, -0.05) is 0 Å². The van der Waals surface area contributed by atoms with Crippen molar-refractivity contribution >= 4 is 14.6 Å². The molecule has 0 aliphatic rings. The van der Waals surface area contributed by atoms with Crippen LogP contribution in [0.3, 0.4) is 0 Å². The second-order valence-corrected chi connectivity index (χ2v) is 3.05. The van der Waals surface area contributed by atoms with E-state index in [1.54, 1.807) is 14.2 Å². The second kappa shape index (κ2) is 3.86.